The summed E-state index contributed by atoms with van der Waals surface area (Å²) in [5, 5.41) is 15.7. The maximum atomic E-state index is 10.9. The van der Waals surface area contributed by atoms with Crippen LogP contribution in [0.1, 0.15) is 17.0 Å². The van der Waals surface area contributed by atoms with Crippen molar-refractivity contribution in [3.05, 3.63) is 56.4 Å². The Labute approximate surface area is 109 Å². The van der Waals surface area contributed by atoms with Crippen LogP contribution in [0.5, 0.6) is 0 Å². The van der Waals surface area contributed by atoms with Crippen molar-refractivity contribution in [2.24, 2.45) is 0 Å². The highest BCUT2D eigenvalue weighted by Crippen LogP contribution is 2.22. The fourth-order valence-electron chi connectivity index (χ4n) is 1.87. The molecule has 5 nitrogen and oxygen atoms in total. The summed E-state index contributed by atoms with van der Waals surface area (Å²) in [6, 6.07) is 7.34. The van der Waals surface area contributed by atoms with Gasteiger partial charge in [0.2, 0.25) is 0 Å². The van der Waals surface area contributed by atoms with Crippen LogP contribution < -0.4 is 0 Å². The van der Waals surface area contributed by atoms with Gasteiger partial charge in [-0.1, -0.05) is 23.7 Å². The zero-order valence-corrected chi connectivity index (χ0v) is 10.8. The number of rotatable bonds is 3. The molecule has 1 aromatic carbocycles. The Bertz CT molecular complexity index is 590. The second-order valence-corrected chi connectivity index (χ2v) is 4.50. The molecule has 0 unspecified atom stereocenters. The molecule has 6 heteroatoms. The molecule has 0 radical (unpaired) electrons. The molecule has 2 aromatic rings. The van der Waals surface area contributed by atoms with E-state index in [4.69, 9.17) is 11.6 Å². The Kier molecular flexibility index (Phi) is 3.34. The van der Waals surface area contributed by atoms with Gasteiger partial charge in [0, 0.05) is 5.02 Å². The van der Waals surface area contributed by atoms with Crippen molar-refractivity contribution in [3.8, 4) is 0 Å². The van der Waals surface area contributed by atoms with Crippen LogP contribution in [0.25, 0.3) is 0 Å². The van der Waals surface area contributed by atoms with Crippen LogP contribution >= 0.6 is 11.6 Å². The number of benzene rings is 1. The van der Waals surface area contributed by atoms with E-state index < -0.39 is 4.92 Å². The number of nitrogens with zero attached hydrogens (tertiary/aromatic N) is 3. The van der Waals surface area contributed by atoms with Crippen molar-refractivity contribution in [3.63, 3.8) is 0 Å². The van der Waals surface area contributed by atoms with Crippen molar-refractivity contribution in [1.82, 2.24) is 9.78 Å². The molecule has 0 spiro atoms. The average molecular weight is 266 g/mol. The van der Waals surface area contributed by atoms with Crippen LogP contribution in [0, 0.1) is 24.0 Å². The lowest BCUT2D eigenvalue weighted by Crippen LogP contribution is -2.04. The van der Waals surface area contributed by atoms with Gasteiger partial charge in [-0.05, 0) is 31.5 Å². The molecule has 1 heterocycles. The van der Waals surface area contributed by atoms with Crippen LogP contribution in [0.2, 0.25) is 5.02 Å². The third-order valence-corrected chi connectivity index (χ3v) is 3.02. The lowest BCUT2D eigenvalue weighted by atomic mass is 10.2. The van der Waals surface area contributed by atoms with E-state index >= 15 is 0 Å². The first kappa shape index (κ1) is 12.6. The predicted octanol–water partition coefficient (Wildman–Crippen LogP) is 3.11. The fraction of sp³-hybridized carbons (Fsp3) is 0.250. The molecule has 0 amide bonds. The summed E-state index contributed by atoms with van der Waals surface area (Å²) in [5.74, 6) is 0. The standard InChI is InChI=1S/C12H12ClN3O2/c1-8-12(16(17)18)9(2)15(14-8)7-10-3-5-11(13)6-4-10/h3-6H,7H2,1-2H3. The quantitative estimate of drug-likeness (QED) is 0.633. The average Bonchev–Trinajstić information content (AvgIpc) is 2.57. The molecular weight excluding hydrogens is 254 g/mol. The van der Waals surface area contributed by atoms with E-state index in [1.165, 1.54) is 0 Å². The zero-order valence-electron chi connectivity index (χ0n) is 10.1. The van der Waals surface area contributed by atoms with E-state index in [-0.39, 0.29) is 5.69 Å². The zero-order chi connectivity index (χ0) is 13.3. The van der Waals surface area contributed by atoms with Crippen LogP contribution in [0.15, 0.2) is 24.3 Å². The van der Waals surface area contributed by atoms with Gasteiger partial charge in [0.15, 0.2) is 0 Å². The molecule has 0 saturated carbocycles. The van der Waals surface area contributed by atoms with Crippen LogP contribution in [-0.2, 0) is 6.54 Å². The maximum absolute atomic E-state index is 10.9. The van der Waals surface area contributed by atoms with Crippen molar-refractivity contribution < 1.29 is 4.92 Å². The topological polar surface area (TPSA) is 61.0 Å². The van der Waals surface area contributed by atoms with Crippen LogP contribution in [0.4, 0.5) is 5.69 Å². The van der Waals surface area contributed by atoms with Gasteiger partial charge < -0.3 is 0 Å². The van der Waals surface area contributed by atoms with Crippen molar-refractivity contribution in [2.75, 3.05) is 0 Å². The lowest BCUT2D eigenvalue weighted by Gasteiger charge is -2.03. The summed E-state index contributed by atoms with van der Waals surface area (Å²) >= 11 is 5.81. The van der Waals surface area contributed by atoms with E-state index in [0.717, 1.165) is 5.56 Å². The van der Waals surface area contributed by atoms with Gasteiger partial charge in [-0.15, -0.1) is 0 Å². The summed E-state index contributed by atoms with van der Waals surface area (Å²) in [6.45, 7) is 3.84. The molecule has 0 atom stereocenters. The maximum Gasteiger partial charge on any atom is 0.312 e. The SMILES string of the molecule is Cc1nn(Cc2ccc(Cl)cc2)c(C)c1[N+](=O)[O-]. The predicted molar refractivity (Wildman–Crippen MR) is 68.9 cm³/mol. The summed E-state index contributed by atoms with van der Waals surface area (Å²) < 4.78 is 1.64. The number of nitro groups is 1. The van der Waals surface area contributed by atoms with E-state index in [9.17, 15) is 10.1 Å². The van der Waals surface area contributed by atoms with Crippen LogP contribution in [0.3, 0.4) is 0 Å². The molecule has 0 N–H and O–H groups in total. The Morgan fingerprint density at radius 2 is 1.94 bits per heavy atom. The molecule has 94 valence electrons. The highest BCUT2D eigenvalue weighted by Gasteiger charge is 2.21. The molecular formula is C12H12ClN3O2. The van der Waals surface area contributed by atoms with Gasteiger partial charge in [0.1, 0.15) is 11.4 Å². The summed E-state index contributed by atoms with van der Waals surface area (Å²) in [7, 11) is 0. The van der Waals surface area contributed by atoms with Gasteiger partial charge in [0.05, 0.1) is 11.5 Å². The molecule has 0 aliphatic heterocycles. The van der Waals surface area contributed by atoms with Gasteiger partial charge >= 0.3 is 5.69 Å². The van der Waals surface area contributed by atoms with Gasteiger partial charge in [-0.2, -0.15) is 5.10 Å². The number of hydrogen-bond donors (Lipinski definition) is 0. The summed E-state index contributed by atoms with van der Waals surface area (Å²) in [5.41, 5.74) is 2.09. The van der Waals surface area contributed by atoms with E-state index in [0.29, 0.717) is 23.0 Å². The van der Waals surface area contributed by atoms with Gasteiger partial charge in [0.25, 0.3) is 0 Å². The number of hydrogen-bond acceptors (Lipinski definition) is 3. The van der Waals surface area contributed by atoms with Crippen molar-refractivity contribution >= 4 is 17.3 Å². The number of halogens is 1. The third kappa shape index (κ3) is 2.36. The Balaban J connectivity index is 2.33. The molecule has 18 heavy (non-hydrogen) atoms. The molecule has 0 saturated heterocycles. The molecule has 2 rings (SSSR count). The second kappa shape index (κ2) is 4.78. The largest absolute Gasteiger partial charge is 0.312 e. The van der Waals surface area contributed by atoms with E-state index in [2.05, 4.69) is 5.10 Å². The first-order valence-electron chi connectivity index (χ1n) is 5.42. The Morgan fingerprint density at radius 1 is 1.33 bits per heavy atom. The first-order valence-corrected chi connectivity index (χ1v) is 5.79. The molecule has 1 aromatic heterocycles. The number of aryl methyl sites for hydroxylation is 1. The molecule has 0 aliphatic carbocycles. The summed E-state index contributed by atoms with van der Waals surface area (Å²) in [4.78, 5) is 10.5. The highest BCUT2D eigenvalue weighted by atomic mass is 35.5. The minimum Gasteiger partial charge on any atom is -0.258 e. The molecule has 0 fully saturated rings. The van der Waals surface area contributed by atoms with Crippen molar-refractivity contribution in [1.29, 1.82) is 0 Å². The smallest absolute Gasteiger partial charge is 0.258 e. The molecule has 0 bridgehead atoms. The number of aromatic nitrogens is 2. The van der Waals surface area contributed by atoms with Crippen LogP contribution in [-0.4, -0.2) is 14.7 Å². The fourth-order valence-corrected chi connectivity index (χ4v) is 1.99. The normalized spacial score (nSPS) is 10.6. The second-order valence-electron chi connectivity index (χ2n) is 4.06. The van der Waals surface area contributed by atoms with Gasteiger partial charge in [-0.3, -0.25) is 14.8 Å². The molecule has 0 aliphatic rings. The Morgan fingerprint density at radius 3 is 2.44 bits per heavy atom. The lowest BCUT2D eigenvalue weighted by molar-refractivity contribution is -0.386. The minimum absolute atomic E-state index is 0.0870. The first-order chi connectivity index (χ1) is 8.49. The van der Waals surface area contributed by atoms with E-state index in [1.807, 2.05) is 12.1 Å². The Hall–Kier alpha value is -1.88. The van der Waals surface area contributed by atoms with E-state index in [1.54, 1.807) is 30.7 Å². The van der Waals surface area contributed by atoms with Crippen molar-refractivity contribution in [2.45, 2.75) is 20.4 Å². The monoisotopic (exact) mass is 265 g/mol. The van der Waals surface area contributed by atoms with Gasteiger partial charge in [-0.25, -0.2) is 0 Å². The minimum atomic E-state index is -0.393. The highest BCUT2D eigenvalue weighted by molar-refractivity contribution is 6.30. The summed E-state index contributed by atoms with van der Waals surface area (Å²) in [6.07, 6.45) is 0. The third-order valence-electron chi connectivity index (χ3n) is 2.77.